The quantitative estimate of drug-likeness (QED) is 0.189. The van der Waals surface area contributed by atoms with Crippen LogP contribution in [0.3, 0.4) is 0 Å². The summed E-state index contributed by atoms with van der Waals surface area (Å²) in [6.45, 7) is 0. The summed E-state index contributed by atoms with van der Waals surface area (Å²) in [5.74, 6) is 0.186. The number of benzene rings is 7. The second-order valence-corrected chi connectivity index (χ2v) is 11.7. The zero-order chi connectivity index (χ0) is 26.4. The predicted molar refractivity (Wildman–Crippen MR) is 171 cm³/mol. The fraction of sp³-hybridized carbons (Fsp3) is 0.0256. The van der Waals surface area contributed by atoms with Crippen molar-refractivity contribution in [3.05, 3.63) is 144 Å². The van der Waals surface area contributed by atoms with E-state index in [1.807, 2.05) is 0 Å². The van der Waals surface area contributed by atoms with Crippen molar-refractivity contribution in [2.24, 2.45) is 0 Å². The third-order valence-electron chi connectivity index (χ3n) is 9.82. The fourth-order valence-electron chi connectivity index (χ4n) is 8.23. The number of hydrogen-bond donors (Lipinski definition) is 0. The van der Waals surface area contributed by atoms with Crippen LogP contribution in [0.5, 0.6) is 0 Å². The van der Waals surface area contributed by atoms with Crippen LogP contribution in [0.2, 0.25) is 0 Å². The van der Waals surface area contributed by atoms with Gasteiger partial charge in [0, 0.05) is 33.0 Å². The van der Waals surface area contributed by atoms with Gasteiger partial charge in [-0.25, -0.2) is 0 Å². The highest BCUT2D eigenvalue weighted by atomic mass is 15.0. The van der Waals surface area contributed by atoms with Gasteiger partial charge in [0.2, 0.25) is 0 Å². The molecule has 2 aromatic heterocycles. The van der Waals surface area contributed by atoms with Gasteiger partial charge in [-0.1, -0.05) is 91.0 Å². The summed E-state index contributed by atoms with van der Waals surface area (Å²) >= 11 is 0. The van der Waals surface area contributed by atoms with Crippen LogP contribution >= 0.6 is 0 Å². The van der Waals surface area contributed by atoms with Crippen molar-refractivity contribution in [2.75, 3.05) is 0 Å². The molecular weight excluding hydrogens is 496 g/mol. The lowest BCUT2D eigenvalue weighted by molar-refractivity contribution is 0.884. The average molecular weight is 519 g/mol. The third-order valence-corrected chi connectivity index (χ3v) is 9.82. The van der Waals surface area contributed by atoms with Crippen LogP contribution in [0.15, 0.2) is 127 Å². The van der Waals surface area contributed by atoms with Crippen LogP contribution in [0.25, 0.3) is 76.5 Å². The standard InChI is InChI=1S/C39H22N2/c1-3-10-24-20-34-30(18-22(24)8-1)26-12-5-14-28-36-29-15-6-13-27-31-19-23-9-2-4-11-25(23)21-35(31)41(39(27)29)33-17-7-16-32(37(33)36)40(34)38(26)28/h1-21,36H. The zero-order valence-electron chi connectivity index (χ0n) is 22.1. The molecule has 2 aliphatic heterocycles. The van der Waals surface area contributed by atoms with Crippen LogP contribution in [-0.4, -0.2) is 9.13 Å². The van der Waals surface area contributed by atoms with E-state index in [1.54, 1.807) is 0 Å². The Hall–Kier alpha value is -5.34. The van der Waals surface area contributed by atoms with E-state index in [4.69, 9.17) is 0 Å². The van der Waals surface area contributed by atoms with E-state index in [1.165, 1.54) is 93.2 Å². The molecule has 188 valence electrons. The lowest BCUT2D eigenvalue weighted by Crippen LogP contribution is -2.21. The molecular formula is C39H22N2. The van der Waals surface area contributed by atoms with Crippen molar-refractivity contribution in [3.8, 4) is 11.4 Å². The van der Waals surface area contributed by atoms with E-state index in [9.17, 15) is 0 Å². The second kappa shape index (κ2) is 6.86. The van der Waals surface area contributed by atoms with E-state index >= 15 is 0 Å². The van der Waals surface area contributed by atoms with E-state index in [0.717, 1.165) is 0 Å². The molecule has 7 aromatic carbocycles. The lowest BCUT2D eigenvalue weighted by atomic mass is 9.78. The summed E-state index contributed by atoms with van der Waals surface area (Å²) in [5.41, 5.74) is 12.1. The minimum atomic E-state index is 0.186. The van der Waals surface area contributed by atoms with Crippen molar-refractivity contribution in [3.63, 3.8) is 0 Å². The molecule has 0 aliphatic carbocycles. The SMILES string of the molecule is c1cc2c3c(c1)-n1c4cc5ccccc5cc4c4cccc(c41)C3c1cccc3c4cc5ccccc5cc4n-2c13. The Labute approximate surface area is 235 Å². The highest BCUT2D eigenvalue weighted by Crippen LogP contribution is 2.54. The molecule has 0 spiro atoms. The number of hydrogen-bond acceptors (Lipinski definition) is 0. The summed E-state index contributed by atoms with van der Waals surface area (Å²) in [6.07, 6.45) is 0. The summed E-state index contributed by atoms with van der Waals surface area (Å²) < 4.78 is 5.10. The summed E-state index contributed by atoms with van der Waals surface area (Å²) in [4.78, 5) is 0. The molecule has 0 N–H and O–H groups in total. The smallest absolute Gasteiger partial charge is 0.0582 e. The van der Waals surface area contributed by atoms with Gasteiger partial charge in [0.05, 0.1) is 33.4 Å². The van der Waals surface area contributed by atoms with Gasteiger partial charge in [0.15, 0.2) is 0 Å². The monoisotopic (exact) mass is 518 g/mol. The van der Waals surface area contributed by atoms with Gasteiger partial charge in [-0.15, -0.1) is 0 Å². The summed E-state index contributed by atoms with van der Waals surface area (Å²) in [7, 11) is 0. The van der Waals surface area contributed by atoms with E-state index in [2.05, 4.69) is 137 Å². The zero-order valence-corrected chi connectivity index (χ0v) is 22.1. The first kappa shape index (κ1) is 20.5. The largest absolute Gasteiger partial charge is 0.309 e. The van der Waals surface area contributed by atoms with Crippen LogP contribution < -0.4 is 0 Å². The Morgan fingerprint density at radius 1 is 0.390 bits per heavy atom. The molecule has 0 bridgehead atoms. The number of rotatable bonds is 0. The molecule has 2 heteroatoms. The fourth-order valence-corrected chi connectivity index (χ4v) is 8.23. The minimum Gasteiger partial charge on any atom is -0.309 e. The molecule has 11 rings (SSSR count). The highest BCUT2D eigenvalue weighted by molar-refractivity contribution is 6.18. The van der Waals surface area contributed by atoms with Crippen molar-refractivity contribution in [1.82, 2.24) is 9.13 Å². The van der Waals surface area contributed by atoms with Crippen molar-refractivity contribution >= 4 is 65.2 Å². The van der Waals surface area contributed by atoms with E-state index in [0.29, 0.717) is 0 Å². The molecule has 2 aliphatic rings. The first-order chi connectivity index (χ1) is 20.3. The van der Waals surface area contributed by atoms with Crippen molar-refractivity contribution < 1.29 is 0 Å². The topological polar surface area (TPSA) is 9.86 Å². The molecule has 0 saturated heterocycles. The van der Waals surface area contributed by atoms with Gasteiger partial charge >= 0.3 is 0 Å². The van der Waals surface area contributed by atoms with Gasteiger partial charge in [0.1, 0.15) is 0 Å². The van der Waals surface area contributed by atoms with Crippen molar-refractivity contribution in [2.45, 2.75) is 5.92 Å². The normalized spacial score (nSPS) is 13.8. The molecule has 0 unspecified atom stereocenters. The average Bonchev–Trinajstić information content (AvgIpc) is 3.52. The first-order valence-electron chi connectivity index (χ1n) is 14.4. The second-order valence-electron chi connectivity index (χ2n) is 11.7. The third kappa shape index (κ3) is 2.30. The maximum absolute atomic E-state index is 2.55. The Morgan fingerprint density at radius 2 is 0.829 bits per heavy atom. The van der Waals surface area contributed by atoms with E-state index in [-0.39, 0.29) is 5.92 Å². The van der Waals surface area contributed by atoms with Gasteiger partial charge in [0.25, 0.3) is 0 Å². The summed E-state index contributed by atoms with van der Waals surface area (Å²) in [5, 5.41) is 10.5. The van der Waals surface area contributed by atoms with Gasteiger partial charge in [-0.2, -0.15) is 0 Å². The van der Waals surface area contributed by atoms with Gasteiger partial charge < -0.3 is 9.13 Å². The minimum absolute atomic E-state index is 0.186. The number of nitrogens with zero attached hydrogens (tertiary/aromatic N) is 2. The molecule has 0 saturated carbocycles. The number of fused-ring (bicyclic) bond motifs is 12. The molecule has 0 amide bonds. The molecule has 0 atom stereocenters. The molecule has 0 fully saturated rings. The number of aromatic nitrogens is 2. The van der Waals surface area contributed by atoms with Crippen LogP contribution in [0, 0.1) is 0 Å². The molecule has 4 heterocycles. The van der Waals surface area contributed by atoms with Gasteiger partial charge in [-0.05, 0) is 69.1 Å². The van der Waals surface area contributed by atoms with Gasteiger partial charge in [-0.3, -0.25) is 0 Å². The highest BCUT2D eigenvalue weighted by Gasteiger charge is 2.37. The van der Waals surface area contributed by atoms with Crippen LogP contribution in [-0.2, 0) is 0 Å². The molecule has 2 nitrogen and oxygen atoms in total. The Bertz CT molecular complexity index is 2470. The first-order valence-corrected chi connectivity index (χ1v) is 14.4. The van der Waals surface area contributed by atoms with Crippen LogP contribution in [0.4, 0.5) is 0 Å². The van der Waals surface area contributed by atoms with Crippen molar-refractivity contribution in [1.29, 1.82) is 0 Å². The lowest BCUT2D eigenvalue weighted by Gasteiger charge is -2.35. The molecule has 0 radical (unpaired) electrons. The molecule has 9 aromatic rings. The molecule has 41 heavy (non-hydrogen) atoms. The predicted octanol–water partition coefficient (Wildman–Crippen LogP) is 9.99. The Kier molecular flexibility index (Phi) is 3.44. The maximum atomic E-state index is 2.55. The maximum Gasteiger partial charge on any atom is 0.0582 e. The Morgan fingerprint density at radius 3 is 1.32 bits per heavy atom. The number of para-hydroxylation sites is 2. The van der Waals surface area contributed by atoms with Crippen LogP contribution in [0.1, 0.15) is 22.6 Å². The Balaban J connectivity index is 1.37. The van der Waals surface area contributed by atoms with E-state index < -0.39 is 0 Å². The summed E-state index contributed by atoms with van der Waals surface area (Å²) in [6, 6.07) is 47.9.